The molecule has 0 saturated carbocycles. The minimum atomic E-state index is -0.392. The molecule has 2 aromatic heterocycles. The molecule has 25 heavy (non-hydrogen) atoms. The van der Waals surface area contributed by atoms with E-state index in [2.05, 4.69) is 31.9 Å². The molecule has 8 nitrogen and oxygen atoms in total. The van der Waals surface area contributed by atoms with Crippen LogP contribution in [-0.2, 0) is 4.74 Å². The third kappa shape index (κ3) is 3.63. The Balaban J connectivity index is 2.02. The zero-order valence-corrected chi connectivity index (χ0v) is 15.2. The molecule has 1 aliphatic heterocycles. The first-order valence-electron chi connectivity index (χ1n) is 8.51. The summed E-state index contributed by atoms with van der Waals surface area (Å²) < 4.78 is 6.87. The number of carbonyl (C=O) groups is 1. The summed E-state index contributed by atoms with van der Waals surface area (Å²) >= 11 is 0. The molecule has 1 aliphatic rings. The van der Waals surface area contributed by atoms with Crippen LogP contribution in [0.2, 0.25) is 0 Å². The first kappa shape index (κ1) is 17.3. The van der Waals surface area contributed by atoms with E-state index in [1.807, 2.05) is 19.9 Å². The van der Waals surface area contributed by atoms with Gasteiger partial charge in [0.05, 0.1) is 12.3 Å². The minimum absolute atomic E-state index is 0.320. The lowest BCUT2D eigenvalue weighted by Gasteiger charge is -2.33. The van der Waals surface area contributed by atoms with Crippen LogP contribution in [0.5, 0.6) is 0 Å². The van der Waals surface area contributed by atoms with E-state index in [-0.39, 0.29) is 0 Å². The predicted molar refractivity (Wildman–Crippen MR) is 94.3 cm³/mol. The molecule has 2 aromatic rings. The van der Waals surface area contributed by atoms with Gasteiger partial charge in [0.1, 0.15) is 11.4 Å². The van der Waals surface area contributed by atoms with Crippen molar-refractivity contribution in [1.29, 1.82) is 0 Å². The molecule has 134 valence electrons. The second kappa shape index (κ2) is 7.18. The maximum Gasteiger partial charge on any atom is 0.343 e. The van der Waals surface area contributed by atoms with Crippen LogP contribution >= 0.6 is 0 Å². The second-order valence-corrected chi connectivity index (χ2v) is 6.26. The number of esters is 1. The number of hydrogen-bond acceptors (Lipinski definition) is 7. The van der Waals surface area contributed by atoms with Gasteiger partial charge in [-0.25, -0.2) is 14.5 Å². The summed E-state index contributed by atoms with van der Waals surface area (Å²) in [6, 6.07) is 1.97. The van der Waals surface area contributed by atoms with Crippen LogP contribution in [0.3, 0.4) is 0 Å². The van der Waals surface area contributed by atoms with Crippen LogP contribution in [-0.4, -0.2) is 70.5 Å². The van der Waals surface area contributed by atoms with Gasteiger partial charge in [0, 0.05) is 38.1 Å². The maximum atomic E-state index is 12.3. The zero-order chi connectivity index (χ0) is 18.0. The van der Waals surface area contributed by atoms with Gasteiger partial charge in [-0.05, 0) is 33.9 Å². The Morgan fingerprint density at radius 1 is 1.24 bits per heavy atom. The van der Waals surface area contributed by atoms with Crippen molar-refractivity contribution >= 4 is 11.8 Å². The number of likely N-dealkylation sites (N-methyl/N-ethyl adjacent to an activating group) is 1. The van der Waals surface area contributed by atoms with Crippen molar-refractivity contribution in [1.82, 2.24) is 24.6 Å². The van der Waals surface area contributed by atoms with Crippen molar-refractivity contribution in [3.8, 4) is 5.95 Å². The summed E-state index contributed by atoms with van der Waals surface area (Å²) in [4.78, 5) is 25.7. The van der Waals surface area contributed by atoms with E-state index >= 15 is 0 Å². The van der Waals surface area contributed by atoms with Crippen LogP contribution in [0.25, 0.3) is 5.95 Å². The minimum Gasteiger partial charge on any atom is -0.462 e. The summed E-state index contributed by atoms with van der Waals surface area (Å²) in [6.45, 7) is 9.44. The van der Waals surface area contributed by atoms with E-state index in [0.717, 1.165) is 37.6 Å². The highest BCUT2D eigenvalue weighted by Gasteiger charge is 2.24. The summed E-state index contributed by atoms with van der Waals surface area (Å²) in [7, 11) is 2.09. The first-order valence-corrected chi connectivity index (χ1v) is 8.51. The summed E-state index contributed by atoms with van der Waals surface area (Å²) in [5.74, 6) is 0.688. The largest absolute Gasteiger partial charge is 0.462 e. The van der Waals surface area contributed by atoms with Gasteiger partial charge in [-0.15, -0.1) is 0 Å². The molecule has 8 heteroatoms. The van der Waals surface area contributed by atoms with Crippen molar-refractivity contribution in [2.75, 3.05) is 44.7 Å². The third-order valence-corrected chi connectivity index (χ3v) is 4.25. The van der Waals surface area contributed by atoms with Crippen LogP contribution in [0.15, 0.2) is 12.3 Å². The topological polar surface area (TPSA) is 76.4 Å². The van der Waals surface area contributed by atoms with Gasteiger partial charge in [0.2, 0.25) is 0 Å². The van der Waals surface area contributed by atoms with Crippen LogP contribution in [0.1, 0.15) is 28.7 Å². The molecule has 3 rings (SSSR count). The molecule has 0 N–H and O–H groups in total. The average Bonchev–Trinajstić information content (AvgIpc) is 2.93. The molecule has 0 atom stereocenters. The summed E-state index contributed by atoms with van der Waals surface area (Å²) in [6.07, 6.45) is 1.55. The van der Waals surface area contributed by atoms with Gasteiger partial charge in [-0.1, -0.05) is 0 Å². The number of carbonyl (C=O) groups excluding carboxylic acids is 1. The molecular weight excluding hydrogens is 320 g/mol. The number of aromatic nitrogens is 4. The Morgan fingerprint density at radius 2 is 1.96 bits per heavy atom. The molecule has 3 heterocycles. The van der Waals surface area contributed by atoms with Gasteiger partial charge < -0.3 is 14.5 Å². The maximum absolute atomic E-state index is 12.3. The first-order chi connectivity index (χ1) is 12.0. The van der Waals surface area contributed by atoms with Crippen LogP contribution < -0.4 is 4.90 Å². The van der Waals surface area contributed by atoms with Crippen molar-refractivity contribution in [3.63, 3.8) is 0 Å². The second-order valence-electron chi connectivity index (χ2n) is 6.26. The Kier molecular flexibility index (Phi) is 4.98. The number of aryl methyl sites for hydroxylation is 2. The molecule has 0 amide bonds. The number of ether oxygens (including phenoxy) is 1. The van der Waals surface area contributed by atoms with E-state index in [1.165, 1.54) is 0 Å². The summed E-state index contributed by atoms with van der Waals surface area (Å²) in [5.41, 5.74) is 2.25. The van der Waals surface area contributed by atoms with Gasteiger partial charge in [0.15, 0.2) is 0 Å². The monoisotopic (exact) mass is 344 g/mol. The molecule has 0 unspecified atom stereocenters. The normalized spacial score (nSPS) is 15.4. The quantitative estimate of drug-likeness (QED) is 0.772. The van der Waals surface area contributed by atoms with Crippen LogP contribution in [0.4, 0.5) is 5.82 Å². The number of piperazine rings is 1. The highest BCUT2D eigenvalue weighted by atomic mass is 16.5. The van der Waals surface area contributed by atoms with Gasteiger partial charge in [0.25, 0.3) is 5.95 Å². The Hall–Kier alpha value is -2.48. The van der Waals surface area contributed by atoms with E-state index in [9.17, 15) is 4.79 Å². The summed E-state index contributed by atoms with van der Waals surface area (Å²) in [5, 5.41) is 4.44. The van der Waals surface area contributed by atoms with E-state index in [4.69, 9.17) is 4.74 Å². The Labute approximate surface area is 147 Å². The highest BCUT2D eigenvalue weighted by molar-refractivity contribution is 5.94. The predicted octanol–water partition coefficient (Wildman–Crippen LogP) is 1.21. The lowest BCUT2D eigenvalue weighted by atomic mass is 10.2. The SMILES string of the molecule is CCOC(=O)c1cnc(-n2nc(C)cc2C)nc1N1CCN(C)CC1. The fourth-order valence-electron chi connectivity index (χ4n) is 2.91. The van der Waals surface area contributed by atoms with E-state index in [0.29, 0.717) is 23.9 Å². The molecular formula is C17H24N6O2. The smallest absolute Gasteiger partial charge is 0.343 e. The Morgan fingerprint density at radius 3 is 2.56 bits per heavy atom. The molecule has 0 radical (unpaired) electrons. The van der Waals surface area contributed by atoms with E-state index in [1.54, 1.807) is 17.8 Å². The molecule has 0 bridgehead atoms. The van der Waals surface area contributed by atoms with Crippen LogP contribution in [0, 0.1) is 13.8 Å². The third-order valence-electron chi connectivity index (χ3n) is 4.25. The zero-order valence-electron chi connectivity index (χ0n) is 15.2. The molecule has 1 fully saturated rings. The van der Waals surface area contributed by atoms with Gasteiger partial charge >= 0.3 is 5.97 Å². The highest BCUT2D eigenvalue weighted by Crippen LogP contribution is 2.21. The number of rotatable bonds is 4. The number of hydrogen-bond donors (Lipinski definition) is 0. The average molecular weight is 344 g/mol. The molecule has 1 saturated heterocycles. The lowest BCUT2D eigenvalue weighted by molar-refractivity contribution is 0.0526. The number of nitrogens with zero attached hydrogens (tertiary/aromatic N) is 6. The molecule has 0 aliphatic carbocycles. The standard InChI is InChI=1S/C17H24N6O2/c1-5-25-16(24)14-11-18-17(23-13(3)10-12(2)20-23)19-15(14)22-8-6-21(4)7-9-22/h10-11H,5-9H2,1-4H3. The van der Waals surface area contributed by atoms with Gasteiger partial charge in [-0.2, -0.15) is 10.1 Å². The van der Waals surface area contributed by atoms with Crippen molar-refractivity contribution in [3.05, 3.63) is 29.2 Å². The fourth-order valence-corrected chi connectivity index (χ4v) is 2.91. The van der Waals surface area contributed by atoms with Crippen molar-refractivity contribution < 1.29 is 9.53 Å². The van der Waals surface area contributed by atoms with E-state index < -0.39 is 5.97 Å². The van der Waals surface area contributed by atoms with Gasteiger partial charge in [-0.3, -0.25) is 0 Å². The Bertz CT molecular complexity index is 764. The van der Waals surface area contributed by atoms with Crippen molar-refractivity contribution in [2.45, 2.75) is 20.8 Å². The molecule has 0 aromatic carbocycles. The van der Waals surface area contributed by atoms with Crippen molar-refractivity contribution in [2.24, 2.45) is 0 Å². The number of anilines is 1. The fraction of sp³-hybridized carbons (Fsp3) is 0.529. The lowest BCUT2D eigenvalue weighted by Crippen LogP contribution is -2.45. The molecule has 0 spiro atoms.